The molecule has 0 bridgehead atoms. The summed E-state index contributed by atoms with van der Waals surface area (Å²) >= 11 is 0. The highest BCUT2D eigenvalue weighted by atomic mass is 19.1. The van der Waals surface area contributed by atoms with E-state index < -0.39 is 22.7 Å². The Balaban J connectivity index is 1.55. The molecule has 1 amide bonds. The fourth-order valence-corrected chi connectivity index (χ4v) is 4.51. The maximum Gasteiger partial charge on any atom is 0.238 e. The third kappa shape index (κ3) is 3.10. The summed E-state index contributed by atoms with van der Waals surface area (Å²) in [6.07, 6.45) is 3.82. The van der Waals surface area contributed by atoms with Gasteiger partial charge in [-0.2, -0.15) is 0 Å². The third-order valence-electron chi connectivity index (χ3n) is 6.34. The highest BCUT2D eigenvalue weighted by Crippen LogP contribution is 2.55. The van der Waals surface area contributed by atoms with Gasteiger partial charge in [-0.1, -0.05) is 0 Å². The quantitative estimate of drug-likeness (QED) is 0.784. The van der Waals surface area contributed by atoms with Gasteiger partial charge in [-0.3, -0.25) is 4.79 Å². The first kappa shape index (κ1) is 20.0. The molecule has 0 unspecified atom stereocenters. The molecule has 1 aromatic carbocycles. The fourth-order valence-electron chi connectivity index (χ4n) is 4.51. The van der Waals surface area contributed by atoms with Crippen LogP contribution in [0.25, 0.3) is 0 Å². The Morgan fingerprint density at radius 2 is 1.90 bits per heavy atom. The molecule has 2 fully saturated rings. The van der Waals surface area contributed by atoms with Crippen LogP contribution in [0.4, 0.5) is 20.3 Å². The Kier molecular flexibility index (Phi) is 4.73. The van der Waals surface area contributed by atoms with E-state index in [1.54, 1.807) is 6.20 Å². The number of carbonyl (C=O) groups excluding carboxylic acids is 1. The van der Waals surface area contributed by atoms with E-state index in [0.717, 1.165) is 28.5 Å². The van der Waals surface area contributed by atoms with Gasteiger partial charge in [0, 0.05) is 18.9 Å². The Bertz CT molecular complexity index is 1020. The number of ether oxygens (including phenoxy) is 3. The molecule has 3 aliphatic rings. The number of methoxy groups -OCH3 is 2. The smallest absolute Gasteiger partial charge is 0.238 e. The third-order valence-corrected chi connectivity index (χ3v) is 6.34. The molecule has 1 aliphatic carbocycles. The molecule has 2 aliphatic heterocycles. The Labute approximate surface area is 178 Å². The number of hydrogen-bond acceptors (Lipinski definition) is 6. The van der Waals surface area contributed by atoms with E-state index in [1.165, 1.54) is 14.2 Å². The first-order valence-electron chi connectivity index (χ1n) is 10.2. The van der Waals surface area contributed by atoms with E-state index >= 15 is 8.78 Å². The molecule has 164 valence electrons. The number of benzene rings is 1. The van der Waals surface area contributed by atoms with Crippen LogP contribution in [-0.2, 0) is 21.5 Å². The number of aromatic nitrogens is 1. The van der Waals surface area contributed by atoms with E-state index in [9.17, 15) is 4.79 Å². The van der Waals surface area contributed by atoms with Crippen LogP contribution >= 0.6 is 0 Å². The number of rotatable bonds is 5. The molecule has 1 saturated heterocycles. The molecular weight excluding hydrogens is 408 g/mol. The van der Waals surface area contributed by atoms with E-state index in [4.69, 9.17) is 14.2 Å². The van der Waals surface area contributed by atoms with Crippen molar-refractivity contribution in [3.63, 3.8) is 0 Å². The second-order valence-electron chi connectivity index (χ2n) is 8.16. The lowest BCUT2D eigenvalue weighted by Gasteiger charge is -2.35. The van der Waals surface area contributed by atoms with Crippen molar-refractivity contribution in [3.05, 3.63) is 41.1 Å². The van der Waals surface area contributed by atoms with Crippen molar-refractivity contribution in [2.75, 3.05) is 37.7 Å². The maximum absolute atomic E-state index is 15.1. The predicted octanol–water partition coefficient (Wildman–Crippen LogP) is 3.16. The molecule has 3 heterocycles. The van der Waals surface area contributed by atoms with Gasteiger partial charge in [0.15, 0.2) is 23.1 Å². The predicted molar refractivity (Wildman–Crippen MR) is 109 cm³/mol. The molecule has 9 heteroatoms. The summed E-state index contributed by atoms with van der Waals surface area (Å²) < 4.78 is 45.7. The van der Waals surface area contributed by atoms with Crippen molar-refractivity contribution in [1.82, 2.24) is 4.98 Å². The number of nitrogens with one attached hydrogen (secondary N) is 1. The number of halogens is 2. The summed E-state index contributed by atoms with van der Waals surface area (Å²) in [5, 5.41) is 3.35. The molecule has 1 spiro atoms. The van der Waals surface area contributed by atoms with Crippen LogP contribution < -0.4 is 19.7 Å². The zero-order valence-electron chi connectivity index (χ0n) is 17.3. The summed E-state index contributed by atoms with van der Waals surface area (Å²) in [5.41, 5.74) is 0.407. The van der Waals surface area contributed by atoms with Gasteiger partial charge in [0.2, 0.25) is 5.91 Å². The summed E-state index contributed by atoms with van der Waals surface area (Å²) in [4.78, 5) is 19.1. The van der Waals surface area contributed by atoms with Gasteiger partial charge < -0.3 is 24.4 Å². The lowest BCUT2D eigenvalue weighted by atomic mass is 9.86. The molecule has 1 atom stereocenters. The summed E-state index contributed by atoms with van der Waals surface area (Å²) in [5.74, 6) is -1.88. The van der Waals surface area contributed by atoms with Gasteiger partial charge in [0.05, 0.1) is 38.8 Å². The van der Waals surface area contributed by atoms with E-state index in [0.29, 0.717) is 31.9 Å². The molecule has 7 nitrogen and oxygen atoms in total. The maximum atomic E-state index is 15.1. The number of pyridine rings is 1. The standard InChI is InChI=1S/C22H23F2N3O4/c1-29-15-8-16(30-2)19(24)20(18(15)23)27-10-12-9-25-17(26-13-3-6-31-11-13)7-14(12)22(4-5-22)21(27)28/h7-9,13H,3-6,10-11H2,1-2H3,(H,25,26)/t13-/m0/s1. The van der Waals surface area contributed by atoms with Gasteiger partial charge in [-0.15, -0.1) is 0 Å². The second kappa shape index (κ2) is 7.33. The van der Waals surface area contributed by atoms with Gasteiger partial charge in [-0.25, -0.2) is 13.8 Å². The average molecular weight is 431 g/mol. The lowest BCUT2D eigenvalue weighted by molar-refractivity contribution is -0.121. The van der Waals surface area contributed by atoms with Crippen molar-refractivity contribution in [2.24, 2.45) is 0 Å². The highest BCUT2D eigenvalue weighted by Gasteiger charge is 2.57. The summed E-state index contributed by atoms with van der Waals surface area (Å²) in [6.45, 7) is 1.34. The van der Waals surface area contributed by atoms with Gasteiger partial charge in [0.25, 0.3) is 0 Å². The van der Waals surface area contributed by atoms with Gasteiger partial charge in [-0.05, 0) is 36.5 Å². The molecule has 1 N–H and O–H groups in total. The Morgan fingerprint density at radius 1 is 1.19 bits per heavy atom. The molecule has 5 rings (SSSR count). The number of fused-ring (bicyclic) bond motifs is 2. The van der Waals surface area contributed by atoms with Crippen LogP contribution in [0.2, 0.25) is 0 Å². The number of anilines is 2. The summed E-state index contributed by atoms with van der Waals surface area (Å²) in [7, 11) is 2.56. The van der Waals surface area contributed by atoms with Crippen LogP contribution in [0, 0.1) is 11.6 Å². The fraction of sp³-hybridized carbons (Fsp3) is 0.455. The van der Waals surface area contributed by atoms with Crippen LogP contribution in [0.5, 0.6) is 11.5 Å². The van der Waals surface area contributed by atoms with Crippen molar-refractivity contribution < 1.29 is 27.8 Å². The van der Waals surface area contributed by atoms with E-state index in [-0.39, 0.29) is 30.0 Å². The van der Waals surface area contributed by atoms with Crippen molar-refractivity contribution in [3.8, 4) is 11.5 Å². The highest BCUT2D eigenvalue weighted by molar-refractivity contribution is 6.05. The molecule has 1 saturated carbocycles. The monoisotopic (exact) mass is 431 g/mol. The van der Waals surface area contributed by atoms with Gasteiger partial charge in [0.1, 0.15) is 11.5 Å². The Hall–Kier alpha value is -2.94. The SMILES string of the molecule is COc1cc(OC)c(F)c(N2Cc3cnc(N[C@H]4CCOC4)cc3C3(CC3)C2=O)c1F. The van der Waals surface area contributed by atoms with Crippen LogP contribution in [0.3, 0.4) is 0 Å². The zero-order valence-corrected chi connectivity index (χ0v) is 17.3. The largest absolute Gasteiger partial charge is 0.493 e. The molecule has 2 aromatic rings. The second-order valence-corrected chi connectivity index (χ2v) is 8.16. The number of amides is 1. The topological polar surface area (TPSA) is 72.9 Å². The van der Waals surface area contributed by atoms with Crippen LogP contribution in [0.15, 0.2) is 18.3 Å². The molecule has 0 radical (unpaired) electrons. The van der Waals surface area contributed by atoms with Crippen molar-refractivity contribution >= 4 is 17.4 Å². The van der Waals surface area contributed by atoms with Gasteiger partial charge >= 0.3 is 0 Å². The zero-order chi connectivity index (χ0) is 21.8. The first-order valence-corrected chi connectivity index (χ1v) is 10.2. The molecule has 31 heavy (non-hydrogen) atoms. The van der Waals surface area contributed by atoms with Crippen LogP contribution in [0.1, 0.15) is 30.4 Å². The average Bonchev–Trinajstić information content (AvgIpc) is 3.41. The van der Waals surface area contributed by atoms with E-state index in [2.05, 4.69) is 10.3 Å². The van der Waals surface area contributed by atoms with E-state index in [1.807, 2.05) is 6.07 Å². The van der Waals surface area contributed by atoms with Crippen molar-refractivity contribution in [2.45, 2.75) is 37.3 Å². The molecular formula is C22H23F2N3O4. The Morgan fingerprint density at radius 3 is 2.48 bits per heavy atom. The summed E-state index contributed by atoms with van der Waals surface area (Å²) in [6, 6.07) is 3.22. The van der Waals surface area contributed by atoms with Crippen molar-refractivity contribution in [1.29, 1.82) is 0 Å². The number of hydrogen-bond donors (Lipinski definition) is 1. The molecule has 1 aromatic heterocycles. The lowest BCUT2D eigenvalue weighted by Crippen LogP contribution is -2.45. The normalized spacial score (nSPS) is 21.2. The minimum absolute atomic E-state index is 0.0138. The minimum Gasteiger partial charge on any atom is -0.493 e. The number of carbonyl (C=O) groups is 1. The first-order chi connectivity index (χ1) is 15.0. The minimum atomic E-state index is -0.930. The van der Waals surface area contributed by atoms with Crippen LogP contribution in [-0.4, -0.2) is 44.4 Å². The number of nitrogens with zero attached hydrogens (tertiary/aromatic N) is 2.